The van der Waals surface area contributed by atoms with Gasteiger partial charge in [-0.3, -0.25) is 25.8 Å². The van der Waals surface area contributed by atoms with Crippen LogP contribution in [-0.4, -0.2) is 23.5 Å². The van der Waals surface area contributed by atoms with E-state index in [2.05, 4.69) is 39.0 Å². The fourth-order valence-electron chi connectivity index (χ4n) is 3.01. The van der Waals surface area contributed by atoms with Crippen LogP contribution in [0.4, 0.5) is 0 Å². The molecule has 0 aliphatic rings. The highest BCUT2D eigenvalue weighted by molar-refractivity contribution is 9.10. The van der Waals surface area contributed by atoms with E-state index in [0.29, 0.717) is 5.75 Å². The molecule has 2 amide bonds. The van der Waals surface area contributed by atoms with Gasteiger partial charge in [-0.1, -0.05) is 55.5 Å². The van der Waals surface area contributed by atoms with Crippen molar-refractivity contribution in [3.05, 3.63) is 76.3 Å². The van der Waals surface area contributed by atoms with Gasteiger partial charge in [-0.05, 0) is 68.6 Å². The van der Waals surface area contributed by atoms with Crippen molar-refractivity contribution in [1.29, 1.82) is 0 Å². The number of benzene rings is 3. The van der Waals surface area contributed by atoms with Crippen LogP contribution in [0.2, 0.25) is 0 Å². The summed E-state index contributed by atoms with van der Waals surface area (Å²) < 4.78 is 6.29. The Labute approximate surface area is 194 Å². The molecule has 0 atom stereocenters. The third kappa shape index (κ3) is 6.50. The van der Waals surface area contributed by atoms with Crippen LogP contribution < -0.4 is 20.9 Å². The van der Waals surface area contributed by atoms with E-state index < -0.39 is 5.91 Å². The van der Waals surface area contributed by atoms with Crippen LogP contribution in [0.1, 0.15) is 18.1 Å². The molecule has 3 aromatic carbocycles. The number of fused-ring (bicyclic) bond motifs is 1. The van der Waals surface area contributed by atoms with Crippen LogP contribution in [0.25, 0.3) is 10.8 Å². The fraction of sp³-hybridized carbons (Fsp3) is 0.174. The maximum absolute atomic E-state index is 12.3. The summed E-state index contributed by atoms with van der Waals surface area (Å²) in [5, 5.41) is 4.54. The standard InChI is InChI=1S/C23H22BrN3O3S/c1-2-15-10-11-20(19(24)12-15)30-14-22(29)25-23(31)27-26-21(28)13-17-8-5-7-16-6-3-4-9-18(16)17/h3-12H,2,13-14H2,1H3,(H,26,28)(H2,25,27,29,31). The first-order valence-electron chi connectivity index (χ1n) is 9.72. The van der Waals surface area contributed by atoms with Gasteiger partial charge < -0.3 is 4.74 Å². The van der Waals surface area contributed by atoms with Crippen molar-refractivity contribution in [1.82, 2.24) is 16.2 Å². The number of carbonyl (C=O) groups excluding carboxylic acids is 2. The minimum absolute atomic E-state index is 0.0136. The quantitative estimate of drug-likeness (QED) is 0.355. The van der Waals surface area contributed by atoms with Crippen molar-refractivity contribution in [3.8, 4) is 5.75 Å². The lowest BCUT2D eigenvalue weighted by atomic mass is 10.0. The van der Waals surface area contributed by atoms with E-state index in [-0.39, 0.29) is 24.0 Å². The molecule has 0 radical (unpaired) electrons. The molecular formula is C23H22BrN3O3S. The van der Waals surface area contributed by atoms with Crippen LogP contribution in [-0.2, 0) is 22.4 Å². The van der Waals surface area contributed by atoms with Crippen molar-refractivity contribution in [3.63, 3.8) is 0 Å². The Balaban J connectivity index is 1.44. The smallest absolute Gasteiger partial charge is 0.264 e. The summed E-state index contributed by atoms with van der Waals surface area (Å²) in [6.45, 7) is 1.85. The van der Waals surface area contributed by atoms with E-state index >= 15 is 0 Å². The van der Waals surface area contributed by atoms with Gasteiger partial charge >= 0.3 is 0 Å². The molecule has 160 valence electrons. The summed E-state index contributed by atoms with van der Waals surface area (Å²) in [5.74, 6) is -0.147. The predicted molar refractivity (Wildman–Crippen MR) is 129 cm³/mol. The predicted octanol–water partition coefficient (Wildman–Crippen LogP) is 3.81. The first-order chi connectivity index (χ1) is 15.0. The molecule has 6 nitrogen and oxygen atoms in total. The van der Waals surface area contributed by atoms with Crippen LogP contribution in [0.15, 0.2) is 65.1 Å². The maximum atomic E-state index is 12.3. The average molecular weight is 500 g/mol. The molecule has 31 heavy (non-hydrogen) atoms. The molecule has 0 saturated carbocycles. The van der Waals surface area contributed by atoms with Gasteiger partial charge in [-0.25, -0.2) is 0 Å². The Morgan fingerprint density at radius 2 is 1.77 bits per heavy atom. The number of carbonyl (C=O) groups is 2. The largest absolute Gasteiger partial charge is 0.483 e. The van der Waals surface area contributed by atoms with Gasteiger partial charge in [-0.15, -0.1) is 0 Å². The van der Waals surface area contributed by atoms with Gasteiger partial charge in [0.1, 0.15) is 5.75 Å². The zero-order valence-electron chi connectivity index (χ0n) is 16.9. The molecule has 0 aliphatic heterocycles. The number of hydrogen-bond acceptors (Lipinski definition) is 4. The van der Waals surface area contributed by atoms with Gasteiger partial charge in [0, 0.05) is 0 Å². The summed E-state index contributed by atoms with van der Waals surface area (Å²) in [5.41, 5.74) is 7.11. The lowest BCUT2D eigenvalue weighted by Crippen LogP contribution is -2.49. The average Bonchev–Trinajstić information content (AvgIpc) is 2.77. The first-order valence-corrected chi connectivity index (χ1v) is 10.9. The Hall–Kier alpha value is -2.97. The van der Waals surface area contributed by atoms with Gasteiger partial charge in [0.2, 0.25) is 5.91 Å². The Morgan fingerprint density at radius 1 is 1.00 bits per heavy atom. The fourth-order valence-corrected chi connectivity index (χ4v) is 3.71. The summed E-state index contributed by atoms with van der Waals surface area (Å²) >= 11 is 8.49. The molecule has 0 aliphatic carbocycles. The van der Waals surface area contributed by atoms with Crippen molar-refractivity contribution in [2.75, 3.05) is 6.61 Å². The molecule has 0 unspecified atom stereocenters. The summed E-state index contributed by atoms with van der Waals surface area (Å²) in [6.07, 6.45) is 1.08. The van der Waals surface area contributed by atoms with E-state index in [4.69, 9.17) is 17.0 Å². The number of ether oxygens (including phenoxy) is 1. The Bertz CT molecular complexity index is 1110. The molecular weight excluding hydrogens is 478 g/mol. The molecule has 3 N–H and O–H groups in total. The first kappa shape index (κ1) is 22.7. The Morgan fingerprint density at radius 3 is 2.55 bits per heavy atom. The van der Waals surface area contributed by atoms with Crippen LogP contribution >= 0.6 is 28.1 Å². The van der Waals surface area contributed by atoms with Crippen molar-refractivity contribution in [2.45, 2.75) is 19.8 Å². The molecule has 0 spiro atoms. The number of hydrogen-bond donors (Lipinski definition) is 3. The minimum Gasteiger partial charge on any atom is -0.483 e. The van der Waals surface area contributed by atoms with E-state index in [0.717, 1.165) is 32.8 Å². The highest BCUT2D eigenvalue weighted by atomic mass is 79.9. The zero-order valence-corrected chi connectivity index (χ0v) is 19.3. The Kier molecular flexibility index (Phi) is 7.97. The molecule has 3 aromatic rings. The molecule has 0 fully saturated rings. The van der Waals surface area contributed by atoms with E-state index in [9.17, 15) is 9.59 Å². The summed E-state index contributed by atoms with van der Waals surface area (Å²) in [4.78, 5) is 24.3. The number of thiocarbonyl (C=S) groups is 1. The number of nitrogens with one attached hydrogen (secondary N) is 3. The van der Waals surface area contributed by atoms with Crippen molar-refractivity contribution in [2.24, 2.45) is 0 Å². The highest BCUT2D eigenvalue weighted by Gasteiger charge is 2.10. The van der Waals surface area contributed by atoms with Gasteiger partial charge in [0.25, 0.3) is 5.91 Å². The second-order valence-electron chi connectivity index (χ2n) is 6.77. The third-order valence-corrected chi connectivity index (χ3v) is 5.39. The second-order valence-corrected chi connectivity index (χ2v) is 8.04. The molecule has 0 saturated heterocycles. The topological polar surface area (TPSA) is 79.5 Å². The molecule has 8 heteroatoms. The van der Waals surface area contributed by atoms with E-state index in [1.165, 1.54) is 0 Å². The molecule has 0 bridgehead atoms. The third-order valence-electron chi connectivity index (χ3n) is 4.56. The lowest BCUT2D eigenvalue weighted by molar-refractivity contribution is -0.122. The van der Waals surface area contributed by atoms with Gasteiger partial charge in [0.05, 0.1) is 10.9 Å². The van der Waals surface area contributed by atoms with Crippen LogP contribution in [0, 0.1) is 0 Å². The van der Waals surface area contributed by atoms with E-state index in [1.807, 2.05) is 54.6 Å². The number of aryl methyl sites for hydroxylation is 1. The summed E-state index contributed by atoms with van der Waals surface area (Å²) in [7, 11) is 0. The zero-order chi connectivity index (χ0) is 22.2. The lowest BCUT2D eigenvalue weighted by Gasteiger charge is -2.12. The number of amides is 2. The van der Waals surface area contributed by atoms with Gasteiger partial charge in [-0.2, -0.15) is 0 Å². The number of rotatable bonds is 6. The molecule has 0 aromatic heterocycles. The van der Waals surface area contributed by atoms with E-state index in [1.54, 1.807) is 6.07 Å². The number of hydrazine groups is 1. The minimum atomic E-state index is -0.438. The number of halogens is 1. The highest BCUT2D eigenvalue weighted by Crippen LogP contribution is 2.26. The monoisotopic (exact) mass is 499 g/mol. The van der Waals surface area contributed by atoms with Crippen LogP contribution in [0.5, 0.6) is 5.75 Å². The van der Waals surface area contributed by atoms with Crippen molar-refractivity contribution >= 4 is 55.8 Å². The second kappa shape index (κ2) is 10.9. The normalized spacial score (nSPS) is 10.4. The molecule has 0 heterocycles. The SMILES string of the molecule is CCc1ccc(OCC(=O)NC(=S)NNC(=O)Cc2cccc3ccccc23)c(Br)c1. The van der Waals surface area contributed by atoms with Gasteiger partial charge in [0.15, 0.2) is 11.7 Å². The molecule has 3 rings (SSSR count). The summed E-state index contributed by atoms with van der Waals surface area (Å²) in [6, 6.07) is 19.4. The van der Waals surface area contributed by atoms with Crippen molar-refractivity contribution < 1.29 is 14.3 Å². The van der Waals surface area contributed by atoms with Crippen LogP contribution in [0.3, 0.4) is 0 Å². The maximum Gasteiger partial charge on any atom is 0.264 e.